The number of rotatable bonds is 7. The van der Waals surface area contributed by atoms with Crippen molar-refractivity contribution in [1.29, 1.82) is 0 Å². The third-order valence-electron chi connectivity index (χ3n) is 7.34. The van der Waals surface area contributed by atoms with Crippen LogP contribution in [0.3, 0.4) is 0 Å². The van der Waals surface area contributed by atoms with Gasteiger partial charge in [-0.15, -0.1) is 0 Å². The molecule has 1 heterocycles. The van der Waals surface area contributed by atoms with Gasteiger partial charge in [0.2, 0.25) is 0 Å². The quantitative estimate of drug-likeness (QED) is 0.231. The standard InChI is InChI=1S/C34H30O2P/c1-35-29-20-17-26(18-21-29)34(28-19-22-33-27(25-28)23-24-36-33)37(30-11-5-2-6-12-30,31-13-7-3-8-14-31)32-15-9-4-10-16-32/h2-22,25,34H,23-24H2,1H3/q+1. The fraction of sp³-hybridized carbons (Fsp3) is 0.118. The van der Waals surface area contributed by atoms with E-state index in [0.717, 1.165) is 24.5 Å². The third kappa shape index (κ3) is 4.22. The van der Waals surface area contributed by atoms with Crippen molar-refractivity contribution in [3.8, 4) is 11.5 Å². The fourth-order valence-electron chi connectivity index (χ4n) is 5.69. The molecule has 6 rings (SSSR count). The second-order valence-electron chi connectivity index (χ2n) is 9.37. The first-order valence-electron chi connectivity index (χ1n) is 12.8. The van der Waals surface area contributed by atoms with Gasteiger partial charge in [0.1, 0.15) is 40.3 Å². The average molecular weight is 502 g/mol. The Morgan fingerprint density at radius 1 is 0.622 bits per heavy atom. The summed E-state index contributed by atoms with van der Waals surface area (Å²) >= 11 is 0. The molecule has 0 amide bonds. The Bertz CT molecular complexity index is 1370. The molecule has 0 N–H and O–H groups in total. The molecule has 1 aliphatic heterocycles. The Hall–Kier alpha value is -3.87. The molecule has 1 aliphatic rings. The number of ether oxygens (including phenoxy) is 2. The topological polar surface area (TPSA) is 18.5 Å². The molecule has 3 heteroatoms. The van der Waals surface area contributed by atoms with Gasteiger partial charge in [-0.3, -0.25) is 0 Å². The number of hydrogen-bond donors (Lipinski definition) is 0. The van der Waals surface area contributed by atoms with E-state index in [-0.39, 0.29) is 5.66 Å². The van der Waals surface area contributed by atoms with Crippen molar-refractivity contribution < 1.29 is 9.47 Å². The number of methoxy groups -OCH3 is 1. The lowest BCUT2D eigenvalue weighted by Gasteiger charge is -2.35. The molecular weight excluding hydrogens is 471 g/mol. The maximum atomic E-state index is 5.90. The summed E-state index contributed by atoms with van der Waals surface area (Å²) in [5, 5.41) is 4.10. The first-order chi connectivity index (χ1) is 18.3. The first kappa shape index (κ1) is 23.5. The van der Waals surface area contributed by atoms with Gasteiger partial charge in [0.05, 0.1) is 13.7 Å². The van der Waals surface area contributed by atoms with Crippen LogP contribution in [-0.2, 0) is 6.42 Å². The highest BCUT2D eigenvalue weighted by molar-refractivity contribution is 7.96. The van der Waals surface area contributed by atoms with Crippen LogP contribution in [0.1, 0.15) is 22.3 Å². The molecule has 0 radical (unpaired) electrons. The summed E-state index contributed by atoms with van der Waals surface area (Å²) in [4.78, 5) is 0. The summed E-state index contributed by atoms with van der Waals surface area (Å²) in [5.74, 6) is 1.88. The molecule has 0 saturated carbocycles. The normalized spacial score (nSPS) is 13.4. The maximum Gasteiger partial charge on any atom is 0.134 e. The second kappa shape index (κ2) is 10.2. The molecule has 2 nitrogen and oxygen atoms in total. The van der Waals surface area contributed by atoms with Crippen molar-refractivity contribution >= 4 is 23.2 Å². The highest BCUT2D eigenvalue weighted by Crippen LogP contribution is 2.69. The monoisotopic (exact) mass is 501 g/mol. The largest absolute Gasteiger partial charge is 0.497 e. The maximum absolute atomic E-state index is 5.90. The van der Waals surface area contributed by atoms with Gasteiger partial charge < -0.3 is 9.47 Å². The van der Waals surface area contributed by atoms with E-state index in [1.165, 1.54) is 32.6 Å². The average Bonchev–Trinajstić information content (AvgIpc) is 3.45. The molecule has 182 valence electrons. The van der Waals surface area contributed by atoms with E-state index in [1.54, 1.807) is 7.11 Å². The summed E-state index contributed by atoms with van der Waals surface area (Å²) < 4.78 is 11.4. The van der Waals surface area contributed by atoms with Crippen LogP contribution in [0.25, 0.3) is 0 Å². The second-order valence-corrected chi connectivity index (χ2v) is 12.9. The molecule has 1 atom stereocenters. The minimum absolute atomic E-state index is 0.108. The summed E-state index contributed by atoms with van der Waals surface area (Å²) in [6.45, 7) is 0.752. The van der Waals surface area contributed by atoms with E-state index in [2.05, 4.69) is 133 Å². The van der Waals surface area contributed by atoms with Crippen LogP contribution >= 0.6 is 7.26 Å². The van der Waals surface area contributed by atoms with Crippen LogP contribution in [0.5, 0.6) is 11.5 Å². The highest BCUT2D eigenvalue weighted by Gasteiger charge is 2.53. The molecule has 0 bridgehead atoms. The number of fused-ring (bicyclic) bond motifs is 1. The molecular formula is C34H30O2P+. The summed E-state index contributed by atoms with van der Waals surface area (Å²) in [5.41, 5.74) is 4.00. The van der Waals surface area contributed by atoms with E-state index in [1.807, 2.05) is 0 Å². The Kier molecular flexibility index (Phi) is 6.51. The fourth-order valence-corrected chi connectivity index (χ4v) is 10.6. The Balaban J connectivity index is 1.73. The van der Waals surface area contributed by atoms with E-state index >= 15 is 0 Å². The molecule has 0 spiro atoms. The molecule has 0 aromatic heterocycles. The molecule has 0 fully saturated rings. The van der Waals surface area contributed by atoms with Crippen LogP contribution in [0.2, 0.25) is 0 Å². The zero-order valence-corrected chi connectivity index (χ0v) is 21.9. The van der Waals surface area contributed by atoms with Gasteiger partial charge in [0, 0.05) is 6.42 Å². The summed E-state index contributed by atoms with van der Waals surface area (Å²) in [7, 11) is -0.513. The molecule has 0 saturated heterocycles. The molecule has 1 unspecified atom stereocenters. The van der Waals surface area contributed by atoms with Crippen molar-refractivity contribution in [2.24, 2.45) is 0 Å². The van der Waals surface area contributed by atoms with Gasteiger partial charge in [-0.2, -0.15) is 0 Å². The van der Waals surface area contributed by atoms with Crippen molar-refractivity contribution in [2.75, 3.05) is 13.7 Å². The van der Waals surface area contributed by atoms with E-state index < -0.39 is 7.26 Å². The summed E-state index contributed by atoms with van der Waals surface area (Å²) in [6, 6.07) is 48.9. The lowest BCUT2D eigenvalue weighted by molar-refractivity contribution is 0.357. The predicted molar refractivity (Wildman–Crippen MR) is 156 cm³/mol. The van der Waals surface area contributed by atoms with Crippen LogP contribution in [-0.4, -0.2) is 13.7 Å². The molecule has 5 aromatic rings. The van der Waals surface area contributed by atoms with Crippen molar-refractivity contribution in [3.63, 3.8) is 0 Å². The first-order valence-corrected chi connectivity index (χ1v) is 14.6. The zero-order valence-electron chi connectivity index (χ0n) is 21.0. The van der Waals surface area contributed by atoms with E-state index in [9.17, 15) is 0 Å². The van der Waals surface area contributed by atoms with Crippen molar-refractivity contribution in [1.82, 2.24) is 0 Å². The van der Waals surface area contributed by atoms with Gasteiger partial charge in [0.15, 0.2) is 0 Å². The lowest BCUT2D eigenvalue weighted by atomic mass is 10.0. The Labute approximate surface area is 219 Å². The molecule has 37 heavy (non-hydrogen) atoms. The number of benzene rings is 5. The van der Waals surface area contributed by atoms with Crippen LogP contribution in [0, 0.1) is 0 Å². The van der Waals surface area contributed by atoms with Crippen molar-refractivity contribution in [2.45, 2.75) is 12.1 Å². The van der Waals surface area contributed by atoms with Crippen LogP contribution in [0.4, 0.5) is 0 Å². The minimum atomic E-state index is -2.24. The van der Waals surface area contributed by atoms with Crippen LogP contribution < -0.4 is 25.4 Å². The smallest absolute Gasteiger partial charge is 0.134 e. The van der Waals surface area contributed by atoms with Gasteiger partial charge >= 0.3 is 0 Å². The number of hydrogen-bond acceptors (Lipinski definition) is 2. The van der Waals surface area contributed by atoms with Gasteiger partial charge in [-0.05, 0) is 77.4 Å². The van der Waals surface area contributed by atoms with Gasteiger partial charge in [0.25, 0.3) is 0 Å². The Morgan fingerprint density at radius 3 is 1.65 bits per heavy atom. The van der Waals surface area contributed by atoms with Gasteiger partial charge in [-0.1, -0.05) is 72.8 Å². The highest BCUT2D eigenvalue weighted by atomic mass is 31.2. The zero-order chi connectivity index (χ0) is 25.1. The predicted octanol–water partition coefficient (Wildman–Crippen LogP) is 6.71. The van der Waals surface area contributed by atoms with Crippen LogP contribution in [0.15, 0.2) is 133 Å². The van der Waals surface area contributed by atoms with Gasteiger partial charge in [-0.25, -0.2) is 0 Å². The van der Waals surface area contributed by atoms with E-state index in [0.29, 0.717) is 0 Å². The minimum Gasteiger partial charge on any atom is -0.497 e. The summed E-state index contributed by atoms with van der Waals surface area (Å²) in [6.07, 6.45) is 0.950. The lowest BCUT2D eigenvalue weighted by Crippen LogP contribution is -2.35. The molecule has 5 aromatic carbocycles. The Morgan fingerprint density at radius 2 is 1.14 bits per heavy atom. The SMILES string of the molecule is COc1ccc(C(c2ccc3c(c2)CCO3)[P+](c2ccccc2)(c2ccccc2)c2ccccc2)cc1. The van der Waals surface area contributed by atoms with E-state index in [4.69, 9.17) is 9.47 Å². The third-order valence-corrected chi connectivity index (χ3v) is 12.0. The molecule has 0 aliphatic carbocycles. The van der Waals surface area contributed by atoms with Crippen molar-refractivity contribution in [3.05, 3.63) is 150 Å².